The highest BCUT2D eigenvalue weighted by molar-refractivity contribution is 5.85. The van der Waals surface area contributed by atoms with Gasteiger partial charge in [-0.15, -0.1) is 12.4 Å². The molecule has 1 unspecified atom stereocenters. The monoisotopic (exact) mass is 310 g/mol. The van der Waals surface area contributed by atoms with Crippen LogP contribution in [0, 0.1) is 0 Å². The molecule has 0 radical (unpaired) electrons. The molecule has 1 aliphatic rings. The molecule has 0 saturated carbocycles. The van der Waals surface area contributed by atoms with Crippen LogP contribution in [0.1, 0.15) is 38.2 Å². The summed E-state index contributed by atoms with van der Waals surface area (Å²) in [6.45, 7) is 4.82. The predicted octanol–water partition coefficient (Wildman–Crippen LogP) is 3.03. The second-order valence-corrected chi connectivity index (χ2v) is 5.54. The van der Waals surface area contributed by atoms with Gasteiger partial charge in [-0.25, -0.2) is 0 Å². The summed E-state index contributed by atoms with van der Waals surface area (Å²) in [7, 11) is 0. The molecule has 4 heteroatoms. The van der Waals surface area contributed by atoms with E-state index in [4.69, 9.17) is 0 Å². The third kappa shape index (κ3) is 6.06. The number of carbonyl (C=O) groups is 1. The molecule has 1 N–H and O–H groups in total. The van der Waals surface area contributed by atoms with E-state index in [2.05, 4.69) is 36.5 Å². The summed E-state index contributed by atoms with van der Waals surface area (Å²) in [6.07, 6.45) is 5.09. The molecule has 21 heavy (non-hydrogen) atoms. The van der Waals surface area contributed by atoms with Crippen LogP contribution in [0.5, 0.6) is 0 Å². The number of rotatable bonds is 7. The molecule has 0 spiro atoms. The summed E-state index contributed by atoms with van der Waals surface area (Å²) >= 11 is 0. The number of halogens is 1. The zero-order valence-corrected chi connectivity index (χ0v) is 13.7. The van der Waals surface area contributed by atoms with Crippen LogP contribution < -0.4 is 5.32 Å². The lowest BCUT2D eigenvalue weighted by atomic mass is 10.1. The Bertz CT molecular complexity index is 405. The van der Waals surface area contributed by atoms with Gasteiger partial charge in [0, 0.05) is 25.6 Å². The molecule has 2 rings (SSSR count). The van der Waals surface area contributed by atoms with Gasteiger partial charge in [-0.1, -0.05) is 30.3 Å². The molecule has 0 aliphatic carbocycles. The van der Waals surface area contributed by atoms with Crippen molar-refractivity contribution in [3.63, 3.8) is 0 Å². The molecule has 1 saturated heterocycles. The second-order valence-electron chi connectivity index (χ2n) is 5.54. The number of amides is 1. The quantitative estimate of drug-likeness (QED) is 0.839. The first-order valence-corrected chi connectivity index (χ1v) is 7.84. The minimum Gasteiger partial charge on any atom is -0.343 e. The van der Waals surface area contributed by atoms with Crippen LogP contribution in [0.15, 0.2) is 30.3 Å². The average Bonchev–Trinajstić information content (AvgIpc) is 3.00. The Hall–Kier alpha value is -1.06. The molecule has 1 aromatic rings. The van der Waals surface area contributed by atoms with E-state index < -0.39 is 0 Å². The Morgan fingerprint density at radius 2 is 2.10 bits per heavy atom. The zero-order valence-electron chi connectivity index (χ0n) is 12.9. The summed E-state index contributed by atoms with van der Waals surface area (Å²) in [5.74, 6) is 0.303. The number of hydrogen-bond acceptors (Lipinski definition) is 2. The fourth-order valence-corrected chi connectivity index (χ4v) is 2.83. The van der Waals surface area contributed by atoms with Gasteiger partial charge in [0.05, 0.1) is 0 Å². The van der Waals surface area contributed by atoms with E-state index in [9.17, 15) is 4.79 Å². The first kappa shape index (κ1) is 18.0. The smallest absolute Gasteiger partial charge is 0.222 e. The molecule has 1 fully saturated rings. The van der Waals surface area contributed by atoms with Gasteiger partial charge in [0.2, 0.25) is 5.91 Å². The van der Waals surface area contributed by atoms with Crippen molar-refractivity contribution in [2.45, 2.75) is 45.1 Å². The molecular weight excluding hydrogens is 284 g/mol. The summed E-state index contributed by atoms with van der Waals surface area (Å²) in [4.78, 5) is 14.2. The van der Waals surface area contributed by atoms with Gasteiger partial charge < -0.3 is 10.2 Å². The summed E-state index contributed by atoms with van der Waals surface area (Å²) in [5.41, 5.74) is 1.30. The maximum atomic E-state index is 12.3. The third-order valence-electron chi connectivity index (χ3n) is 4.12. The molecular formula is C17H27ClN2O. The van der Waals surface area contributed by atoms with E-state index in [1.54, 1.807) is 0 Å². The lowest BCUT2D eigenvalue weighted by Crippen LogP contribution is -2.34. The lowest BCUT2D eigenvalue weighted by molar-refractivity contribution is -0.131. The number of nitrogens with one attached hydrogen (secondary N) is 1. The normalized spacial score (nSPS) is 17.3. The van der Waals surface area contributed by atoms with Crippen molar-refractivity contribution < 1.29 is 4.79 Å². The number of likely N-dealkylation sites (N-methyl/N-ethyl adjacent to an activating group) is 1. The van der Waals surface area contributed by atoms with Crippen LogP contribution in [-0.4, -0.2) is 36.5 Å². The standard InChI is InChI=1S/C17H26N2O.ClH/c1-2-19(14-12-15-7-4-3-5-8-15)17(20)11-10-16-9-6-13-18-16;/h3-5,7-8,16,18H,2,6,9-14H2,1H3;1H. The first-order valence-electron chi connectivity index (χ1n) is 7.84. The highest BCUT2D eigenvalue weighted by Gasteiger charge is 2.17. The number of benzene rings is 1. The molecule has 1 aliphatic heterocycles. The number of carbonyl (C=O) groups excluding carboxylic acids is 1. The predicted molar refractivity (Wildman–Crippen MR) is 89.9 cm³/mol. The SMILES string of the molecule is CCN(CCc1ccccc1)C(=O)CCC1CCCN1.Cl. The van der Waals surface area contributed by atoms with Crippen LogP contribution in [0.25, 0.3) is 0 Å². The van der Waals surface area contributed by atoms with Gasteiger partial charge in [-0.3, -0.25) is 4.79 Å². The molecule has 3 nitrogen and oxygen atoms in total. The average molecular weight is 311 g/mol. The minimum atomic E-state index is 0. The van der Waals surface area contributed by atoms with Crippen LogP contribution in [0.2, 0.25) is 0 Å². The van der Waals surface area contributed by atoms with E-state index >= 15 is 0 Å². The van der Waals surface area contributed by atoms with Crippen molar-refractivity contribution in [1.82, 2.24) is 10.2 Å². The molecule has 1 heterocycles. The van der Waals surface area contributed by atoms with E-state index in [0.29, 0.717) is 18.4 Å². The fraction of sp³-hybridized carbons (Fsp3) is 0.588. The largest absolute Gasteiger partial charge is 0.343 e. The van der Waals surface area contributed by atoms with Gasteiger partial charge in [-0.2, -0.15) is 0 Å². The summed E-state index contributed by atoms with van der Waals surface area (Å²) in [5, 5.41) is 3.46. The minimum absolute atomic E-state index is 0. The molecule has 0 bridgehead atoms. The van der Waals surface area contributed by atoms with Crippen LogP contribution in [0.3, 0.4) is 0 Å². The van der Waals surface area contributed by atoms with E-state index in [0.717, 1.165) is 32.5 Å². The van der Waals surface area contributed by atoms with Crippen molar-refractivity contribution in [1.29, 1.82) is 0 Å². The molecule has 118 valence electrons. The topological polar surface area (TPSA) is 32.3 Å². The van der Waals surface area contributed by atoms with Gasteiger partial charge in [-0.05, 0) is 44.7 Å². The second kappa shape index (κ2) is 9.80. The van der Waals surface area contributed by atoms with Crippen LogP contribution >= 0.6 is 12.4 Å². The van der Waals surface area contributed by atoms with Gasteiger partial charge in [0.15, 0.2) is 0 Å². The van der Waals surface area contributed by atoms with E-state index in [1.807, 2.05) is 11.0 Å². The molecule has 0 aromatic heterocycles. The van der Waals surface area contributed by atoms with Gasteiger partial charge in [0.25, 0.3) is 0 Å². The highest BCUT2D eigenvalue weighted by Crippen LogP contribution is 2.12. The lowest BCUT2D eigenvalue weighted by Gasteiger charge is -2.22. The maximum absolute atomic E-state index is 12.3. The van der Waals surface area contributed by atoms with E-state index in [1.165, 1.54) is 18.4 Å². The molecule has 1 atom stereocenters. The summed E-state index contributed by atoms with van der Waals surface area (Å²) < 4.78 is 0. The number of hydrogen-bond donors (Lipinski definition) is 1. The molecule has 1 aromatic carbocycles. The van der Waals surface area contributed by atoms with Crippen molar-refractivity contribution in [3.8, 4) is 0 Å². The number of nitrogens with zero attached hydrogens (tertiary/aromatic N) is 1. The Morgan fingerprint density at radius 3 is 2.71 bits per heavy atom. The summed E-state index contributed by atoms with van der Waals surface area (Å²) in [6, 6.07) is 11.0. The zero-order chi connectivity index (χ0) is 14.2. The van der Waals surface area contributed by atoms with Crippen molar-refractivity contribution in [2.75, 3.05) is 19.6 Å². The Balaban J connectivity index is 0.00000220. The maximum Gasteiger partial charge on any atom is 0.222 e. The van der Waals surface area contributed by atoms with E-state index in [-0.39, 0.29) is 12.4 Å². The van der Waals surface area contributed by atoms with Crippen LogP contribution in [0.4, 0.5) is 0 Å². The van der Waals surface area contributed by atoms with Gasteiger partial charge >= 0.3 is 0 Å². The van der Waals surface area contributed by atoms with Gasteiger partial charge in [0.1, 0.15) is 0 Å². The fourth-order valence-electron chi connectivity index (χ4n) is 2.83. The Kier molecular flexibility index (Phi) is 8.40. The van der Waals surface area contributed by atoms with Crippen molar-refractivity contribution in [2.24, 2.45) is 0 Å². The Morgan fingerprint density at radius 1 is 1.33 bits per heavy atom. The van der Waals surface area contributed by atoms with Crippen molar-refractivity contribution in [3.05, 3.63) is 35.9 Å². The Labute approximate surface area is 134 Å². The van der Waals surface area contributed by atoms with Crippen molar-refractivity contribution >= 4 is 18.3 Å². The third-order valence-corrected chi connectivity index (χ3v) is 4.12. The first-order chi connectivity index (χ1) is 9.79. The molecule has 1 amide bonds. The highest BCUT2D eigenvalue weighted by atomic mass is 35.5. The van der Waals surface area contributed by atoms with Crippen LogP contribution in [-0.2, 0) is 11.2 Å².